The average molecular weight is 495 g/mol. The van der Waals surface area contributed by atoms with Crippen molar-refractivity contribution in [3.8, 4) is 5.75 Å². The molecule has 0 spiro atoms. The zero-order chi connectivity index (χ0) is 21.2. The van der Waals surface area contributed by atoms with Crippen LogP contribution in [0.5, 0.6) is 5.75 Å². The second-order valence-corrected chi connectivity index (χ2v) is 9.91. The van der Waals surface area contributed by atoms with Gasteiger partial charge in [0.15, 0.2) is 0 Å². The number of rotatable bonds is 6. The molecule has 0 unspecified atom stereocenters. The lowest BCUT2D eigenvalue weighted by Gasteiger charge is -2.20. The summed E-state index contributed by atoms with van der Waals surface area (Å²) in [6.45, 7) is 1.91. The largest absolute Gasteiger partial charge is 0.497 e. The van der Waals surface area contributed by atoms with Crippen LogP contribution in [0.2, 0.25) is 0 Å². The topological polar surface area (TPSA) is 75.7 Å². The molecule has 0 atom stereocenters. The van der Waals surface area contributed by atoms with E-state index in [1.54, 1.807) is 42.8 Å². The average Bonchev–Trinajstić information content (AvgIpc) is 3.21. The number of ether oxygens (including phenoxy) is 1. The van der Waals surface area contributed by atoms with Crippen LogP contribution in [0.25, 0.3) is 0 Å². The zero-order valence-corrected chi connectivity index (χ0v) is 19.2. The van der Waals surface area contributed by atoms with Crippen LogP contribution in [-0.2, 0) is 10.0 Å². The number of anilines is 2. The molecule has 0 bridgehead atoms. The lowest BCUT2D eigenvalue weighted by molar-refractivity contribution is 0.102. The van der Waals surface area contributed by atoms with Crippen LogP contribution in [0.4, 0.5) is 11.4 Å². The third kappa shape index (κ3) is 4.47. The maximum Gasteiger partial charge on any atom is 0.267 e. The fourth-order valence-corrected chi connectivity index (χ4v) is 5.39. The zero-order valence-electron chi connectivity index (χ0n) is 16.0. The van der Waals surface area contributed by atoms with Crippen LogP contribution in [0.3, 0.4) is 0 Å². The quantitative estimate of drug-likeness (QED) is 0.528. The van der Waals surface area contributed by atoms with E-state index in [4.69, 9.17) is 4.74 Å². The minimum absolute atomic E-state index is 0.0350. The molecule has 1 aromatic heterocycles. The number of halogens is 1. The van der Waals surface area contributed by atoms with Crippen molar-refractivity contribution < 1.29 is 17.9 Å². The highest BCUT2D eigenvalue weighted by atomic mass is 79.9. The van der Waals surface area contributed by atoms with E-state index in [9.17, 15) is 13.2 Å². The van der Waals surface area contributed by atoms with Crippen molar-refractivity contribution in [2.45, 2.75) is 11.8 Å². The normalized spacial score (nSPS) is 11.2. The number of thiophene rings is 1. The van der Waals surface area contributed by atoms with Crippen molar-refractivity contribution in [3.63, 3.8) is 0 Å². The highest BCUT2D eigenvalue weighted by Gasteiger charge is 2.28. The van der Waals surface area contributed by atoms with Crippen molar-refractivity contribution in [1.82, 2.24) is 0 Å². The molecule has 2 aromatic carbocycles. The predicted octanol–water partition coefficient (Wildman–Crippen LogP) is 4.91. The Labute approximate surface area is 182 Å². The second-order valence-electron chi connectivity index (χ2n) is 6.20. The molecule has 0 radical (unpaired) electrons. The molecular formula is C20H19BrN2O4S2. The Balaban J connectivity index is 1.88. The van der Waals surface area contributed by atoms with Gasteiger partial charge >= 0.3 is 0 Å². The lowest BCUT2D eigenvalue weighted by Crippen LogP contribution is -2.28. The highest BCUT2D eigenvalue weighted by molar-refractivity contribution is 9.10. The molecule has 3 rings (SSSR count). The first-order valence-corrected chi connectivity index (χ1v) is 11.6. The number of benzene rings is 2. The van der Waals surface area contributed by atoms with Crippen LogP contribution >= 0.6 is 27.3 Å². The lowest BCUT2D eigenvalue weighted by atomic mass is 10.2. The number of nitrogens with zero attached hydrogens (tertiary/aromatic N) is 1. The van der Waals surface area contributed by atoms with E-state index in [-0.39, 0.29) is 9.77 Å². The van der Waals surface area contributed by atoms with Gasteiger partial charge in [-0.2, -0.15) is 0 Å². The minimum Gasteiger partial charge on any atom is -0.497 e. The van der Waals surface area contributed by atoms with Crippen molar-refractivity contribution >= 4 is 54.6 Å². The van der Waals surface area contributed by atoms with Crippen molar-refractivity contribution in [1.29, 1.82) is 0 Å². The molecule has 1 N–H and O–H groups in total. The van der Waals surface area contributed by atoms with Crippen LogP contribution in [0, 0.1) is 6.92 Å². The summed E-state index contributed by atoms with van der Waals surface area (Å²) in [5, 5.41) is 4.36. The maximum atomic E-state index is 13.1. The van der Waals surface area contributed by atoms with E-state index in [1.807, 2.05) is 19.1 Å². The minimum atomic E-state index is -3.92. The summed E-state index contributed by atoms with van der Waals surface area (Å²) in [4.78, 5) is 12.9. The summed E-state index contributed by atoms with van der Waals surface area (Å²) < 4.78 is 33.5. The second kappa shape index (κ2) is 8.56. The van der Waals surface area contributed by atoms with Gasteiger partial charge in [-0.1, -0.05) is 15.9 Å². The molecule has 0 fully saturated rings. The molecule has 0 aliphatic carbocycles. The number of hydrogen-bond acceptors (Lipinski definition) is 5. The Morgan fingerprint density at radius 3 is 2.45 bits per heavy atom. The van der Waals surface area contributed by atoms with E-state index in [0.717, 1.165) is 25.7 Å². The molecule has 3 aromatic rings. The van der Waals surface area contributed by atoms with E-state index in [0.29, 0.717) is 17.1 Å². The summed E-state index contributed by atoms with van der Waals surface area (Å²) in [6.07, 6.45) is 0. The third-order valence-electron chi connectivity index (χ3n) is 4.33. The first-order chi connectivity index (χ1) is 13.7. The van der Waals surface area contributed by atoms with E-state index >= 15 is 0 Å². The first-order valence-electron chi connectivity index (χ1n) is 8.52. The van der Waals surface area contributed by atoms with Gasteiger partial charge in [0.05, 0.1) is 12.8 Å². The van der Waals surface area contributed by atoms with Gasteiger partial charge in [-0.05, 0) is 66.4 Å². The maximum absolute atomic E-state index is 13.1. The van der Waals surface area contributed by atoms with Gasteiger partial charge in [0, 0.05) is 17.2 Å². The van der Waals surface area contributed by atoms with Gasteiger partial charge in [-0.25, -0.2) is 8.42 Å². The van der Waals surface area contributed by atoms with E-state index in [2.05, 4.69) is 21.2 Å². The standard InChI is InChI=1S/C20H19BrN2O4S2/c1-13-12-14(4-9-17(13)21)22-20(24)19-18(10-11-28-19)29(25,26)23(2)15-5-7-16(27-3)8-6-15/h4-12H,1-3H3,(H,22,24). The van der Waals surface area contributed by atoms with E-state index in [1.165, 1.54) is 13.1 Å². The first kappa shape index (κ1) is 21.4. The molecule has 29 heavy (non-hydrogen) atoms. The Hall–Kier alpha value is -2.36. The van der Waals surface area contributed by atoms with Crippen LogP contribution in [0.1, 0.15) is 15.2 Å². The number of sulfonamides is 1. The smallest absolute Gasteiger partial charge is 0.267 e. The Morgan fingerprint density at radius 2 is 1.83 bits per heavy atom. The molecule has 0 aliphatic heterocycles. The molecule has 1 heterocycles. The Bertz CT molecular complexity index is 1140. The number of nitrogens with one attached hydrogen (secondary N) is 1. The van der Waals surface area contributed by atoms with Crippen LogP contribution in [0.15, 0.2) is 63.3 Å². The third-order valence-corrected chi connectivity index (χ3v) is 8.09. The Kier molecular flexibility index (Phi) is 6.30. The molecular weight excluding hydrogens is 476 g/mol. The van der Waals surface area contributed by atoms with Gasteiger partial charge in [-0.3, -0.25) is 9.10 Å². The van der Waals surface area contributed by atoms with Gasteiger partial charge in [-0.15, -0.1) is 11.3 Å². The number of carbonyl (C=O) groups is 1. The number of methoxy groups -OCH3 is 1. The van der Waals surface area contributed by atoms with Crippen molar-refractivity contribution in [3.05, 3.63) is 68.8 Å². The SMILES string of the molecule is COc1ccc(N(C)S(=O)(=O)c2ccsc2C(=O)Nc2ccc(Br)c(C)c2)cc1. The highest BCUT2D eigenvalue weighted by Crippen LogP contribution is 2.30. The van der Waals surface area contributed by atoms with Crippen LogP contribution in [-0.4, -0.2) is 28.5 Å². The van der Waals surface area contributed by atoms with Crippen molar-refractivity contribution in [2.24, 2.45) is 0 Å². The number of carbonyl (C=O) groups excluding carboxylic acids is 1. The Morgan fingerprint density at radius 1 is 1.14 bits per heavy atom. The molecule has 152 valence electrons. The summed E-state index contributed by atoms with van der Waals surface area (Å²) in [7, 11) is -0.923. The van der Waals surface area contributed by atoms with Gasteiger partial charge in [0.1, 0.15) is 15.5 Å². The molecule has 0 saturated carbocycles. The van der Waals surface area contributed by atoms with Gasteiger partial charge in [0.25, 0.3) is 15.9 Å². The fourth-order valence-electron chi connectivity index (χ4n) is 2.65. The fraction of sp³-hybridized carbons (Fsp3) is 0.150. The van der Waals surface area contributed by atoms with Gasteiger partial charge in [0.2, 0.25) is 0 Å². The summed E-state index contributed by atoms with van der Waals surface area (Å²) >= 11 is 4.50. The summed E-state index contributed by atoms with van der Waals surface area (Å²) in [6, 6.07) is 13.5. The molecule has 9 heteroatoms. The summed E-state index contributed by atoms with van der Waals surface area (Å²) in [5.41, 5.74) is 2.02. The molecule has 0 saturated heterocycles. The molecule has 0 aliphatic rings. The molecule has 6 nitrogen and oxygen atoms in total. The van der Waals surface area contributed by atoms with E-state index < -0.39 is 15.9 Å². The van der Waals surface area contributed by atoms with Crippen molar-refractivity contribution in [2.75, 3.05) is 23.8 Å². The van der Waals surface area contributed by atoms with Crippen LogP contribution < -0.4 is 14.4 Å². The monoisotopic (exact) mass is 494 g/mol. The number of aryl methyl sites for hydroxylation is 1. The number of amides is 1. The summed E-state index contributed by atoms with van der Waals surface area (Å²) in [5.74, 6) is 0.156. The predicted molar refractivity (Wildman–Crippen MR) is 120 cm³/mol. The van der Waals surface area contributed by atoms with Gasteiger partial charge < -0.3 is 10.1 Å². The number of hydrogen-bond donors (Lipinski definition) is 1. The molecule has 1 amide bonds.